The highest BCUT2D eigenvalue weighted by Crippen LogP contribution is 2.09. The number of aliphatic carboxylic acids is 1. The molecule has 0 aliphatic carbocycles. The van der Waals surface area contributed by atoms with Gasteiger partial charge in [-0.2, -0.15) is 0 Å². The molecule has 0 aliphatic heterocycles. The number of anilines is 1. The van der Waals surface area contributed by atoms with Gasteiger partial charge < -0.3 is 10.4 Å². The van der Waals surface area contributed by atoms with E-state index in [0.717, 1.165) is 0 Å². The standard InChI is InChI=1S/C14H17FN2O3/c1-2-7-17(10-14(19)20)8-6-13(18)16-12-5-3-4-11(15)9-12/h2-5,9H,1,6-8,10H2,(H,16,18)(H,19,20). The fraction of sp³-hybridized carbons (Fsp3) is 0.286. The molecule has 1 rings (SSSR count). The van der Waals surface area contributed by atoms with Crippen molar-refractivity contribution in [3.8, 4) is 0 Å². The van der Waals surface area contributed by atoms with E-state index in [9.17, 15) is 14.0 Å². The number of nitrogens with one attached hydrogen (secondary N) is 1. The van der Waals surface area contributed by atoms with E-state index in [4.69, 9.17) is 5.11 Å². The molecular formula is C14H17FN2O3. The molecule has 0 aliphatic rings. The minimum Gasteiger partial charge on any atom is -0.480 e. The van der Waals surface area contributed by atoms with Crippen LogP contribution in [0.15, 0.2) is 36.9 Å². The molecule has 6 heteroatoms. The first-order valence-electron chi connectivity index (χ1n) is 6.11. The van der Waals surface area contributed by atoms with Gasteiger partial charge in [-0.1, -0.05) is 12.1 Å². The van der Waals surface area contributed by atoms with Gasteiger partial charge in [-0.25, -0.2) is 4.39 Å². The van der Waals surface area contributed by atoms with Crippen LogP contribution in [0.3, 0.4) is 0 Å². The van der Waals surface area contributed by atoms with E-state index in [-0.39, 0.29) is 18.9 Å². The Hall–Kier alpha value is -2.21. The van der Waals surface area contributed by atoms with Gasteiger partial charge in [0.25, 0.3) is 0 Å². The second-order valence-corrected chi connectivity index (χ2v) is 4.23. The molecule has 5 nitrogen and oxygen atoms in total. The van der Waals surface area contributed by atoms with Gasteiger partial charge in [-0.05, 0) is 18.2 Å². The number of carbonyl (C=O) groups is 2. The summed E-state index contributed by atoms with van der Waals surface area (Å²) in [6.45, 7) is 4.06. The summed E-state index contributed by atoms with van der Waals surface area (Å²) in [6.07, 6.45) is 1.70. The Balaban J connectivity index is 2.44. The SMILES string of the molecule is C=CCN(CCC(=O)Nc1cccc(F)c1)CC(=O)O. The van der Waals surface area contributed by atoms with E-state index in [1.807, 2.05) is 0 Å². The largest absolute Gasteiger partial charge is 0.480 e. The molecule has 20 heavy (non-hydrogen) atoms. The van der Waals surface area contributed by atoms with Crippen LogP contribution in [-0.4, -0.2) is 41.5 Å². The van der Waals surface area contributed by atoms with E-state index >= 15 is 0 Å². The summed E-state index contributed by atoms with van der Waals surface area (Å²) in [5.41, 5.74) is 0.378. The van der Waals surface area contributed by atoms with Crippen LogP contribution in [0.2, 0.25) is 0 Å². The topological polar surface area (TPSA) is 69.6 Å². The van der Waals surface area contributed by atoms with Crippen LogP contribution in [0, 0.1) is 5.82 Å². The van der Waals surface area contributed by atoms with Crippen molar-refractivity contribution in [1.82, 2.24) is 4.90 Å². The maximum Gasteiger partial charge on any atom is 0.317 e. The van der Waals surface area contributed by atoms with Gasteiger partial charge in [0.1, 0.15) is 5.82 Å². The third kappa shape index (κ3) is 6.10. The molecule has 1 amide bonds. The summed E-state index contributed by atoms with van der Waals surface area (Å²) in [7, 11) is 0. The Morgan fingerprint density at radius 3 is 2.80 bits per heavy atom. The van der Waals surface area contributed by atoms with Crippen molar-refractivity contribution in [2.75, 3.05) is 25.0 Å². The zero-order valence-corrected chi connectivity index (χ0v) is 11.0. The van der Waals surface area contributed by atoms with E-state index < -0.39 is 11.8 Å². The number of carboxylic acid groups (broad SMARTS) is 1. The molecule has 108 valence electrons. The highest BCUT2D eigenvalue weighted by molar-refractivity contribution is 5.90. The number of rotatable bonds is 8. The average Bonchev–Trinajstić information content (AvgIpc) is 2.35. The number of hydrogen-bond donors (Lipinski definition) is 2. The third-order valence-electron chi connectivity index (χ3n) is 2.51. The molecule has 0 bridgehead atoms. The second kappa shape index (κ2) is 8.06. The molecule has 0 atom stereocenters. The van der Waals surface area contributed by atoms with Crippen LogP contribution in [0.5, 0.6) is 0 Å². The Morgan fingerprint density at radius 1 is 1.45 bits per heavy atom. The van der Waals surface area contributed by atoms with E-state index in [1.165, 1.54) is 18.2 Å². The zero-order valence-electron chi connectivity index (χ0n) is 11.0. The smallest absolute Gasteiger partial charge is 0.317 e. The van der Waals surface area contributed by atoms with Gasteiger partial charge in [-0.3, -0.25) is 14.5 Å². The first kappa shape index (κ1) is 15.8. The molecule has 0 heterocycles. The Kier molecular flexibility index (Phi) is 6.39. The summed E-state index contributed by atoms with van der Waals surface area (Å²) in [5, 5.41) is 11.3. The second-order valence-electron chi connectivity index (χ2n) is 4.23. The molecular weight excluding hydrogens is 263 g/mol. The van der Waals surface area contributed by atoms with Gasteiger partial charge in [0, 0.05) is 25.2 Å². The summed E-state index contributed by atoms with van der Waals surface area (Å²) < 4.78 is 12.9. The summed E-state index contributed by atoms with van der Waals surface area (Å²) in [5.74, 6) is -1.69. The molecule has 1 aromatic rings. The molecule has 0 aromatic heterocycles. The van der Waals surface area contributed by atoms with Crippen molar-refractivity contribution >= 4 is 17.6 Å². The predicted octanol–water partition coefficient (Wildman–Crippen LogP) is 1.73. The number of benzene rings is 1. The van der Waals surface area contributed by atoms with Gasteiger partial charge in [0.2, 0.25) is 5.91 Å². The lowest BCUT2D eigenvalue weighted by Gasteiger charge is -2.17. The lowest BCUT2D eigenvalue weighted by atomic mass is 10.3. The van der Waals surface area contributed by atoms with E-state index in [1.54, 1.807) is 17.0 Å². The van der Waals surface area contributed by atoms with Crippen LogP contribution in [0.4, 0.5) is 10.1 Å². The van der Waals surface area contributed by atoms with Crippen LogP contribution in [0.1, 0.15) is 6.42 Å². The van der Waals surface area contributed by atoms with E-state index in [0.29, 0.717) is 18.8 Å². The van der Waals surface area contributed by atoms with Gasteiger partial charge in [0.15, 0.2) is 0 Å². The summed E-state index contributed by atoms with van der Waals surface area (Å²) >= 11 is 0. The van der Waals surface area contributed by atoms with Crippen molar-refractivity contribution < 1.29 is 19.1 Å². The van der Waals surface area contributed by atoms with Crippen molar-refractivity contribution in [2.45, 2.75) is 6.42 Å². The lowest BCUT2D eigenvalue weighted by Crippen LogP contribution is -2.32. The van der Waals surface area contributed by atoms with Crippen LogP contribution >= 0.6 is 0 Å². The van der Waals surface area contributed by atoms with Gasteiger partial charge >= 0.3 is 5.97 Å². The molecule has 0 unspecified atom stereocenters. The first-order valence-corrected chi connectivity index (χ1v) is 6.11. The Labute approximate surface area is 116 Å². The number of hydrogen-bond acceptors (Lipinski definition) is 3. The zero-order chi connectivity index (χ0) is 15.0. The van der Waals surface area contributed by atoms with Crippen LogP contribution in [-0.2, 0) is 9.59 Å². The lowest BCUT2D eigenvalue weighted by molar-refractivity contribution is -0.138. The number of amides is 1. The fourth-order valence-electron chi connectivity index (χ4n) is 1.66. The number of halogens is 1. The molecule has 0 spiro atoms. The molecule has 2 N–H and O–H groups in total. The highest BCUT2D eigenvalue weighted by Gasteiger charge is 2.10. The number of nitrogens with zero attached hydrogens (tertiary/aromatic N) is 1. The monoisotopic (exact) mass is 280 g/mol. The predicted molar refractivity (Wildman–Crippen MR) is 73.9 cm³/mol. The van der Waals surface area contributed by atoms with Gasteiger partial charge in [-0.15, -0.1) is 6.58 Å². The van der Waals surface area contributed by atoms with Crippen molar-refractivity contribution in [1.29, 1.82) is 0 Å². The molecule has 1 aromatic carbocycles. The van der Waals surface area contributed by atoms with Crippen LogP contribution < -0.4 is 5.32 Å². The highest BCUT2D eigenvalue weighted by atomic mass is 19.1. The Morgan fingerprint density at radius 2 is 2.20 bits per heavy atom. The van der Waals surface area contributed by atoms with E-state index in [2.05, 4.69) is 11.9 Å². The molecule has 0 radical (unpaired) electrons. The quantitative estimate of drug-likeness (QED) is 0.711. The first-order chi connectivity index (χ1) is 9.51. The van der Waals surface area contributed by atoms with Crippen molar-refractivity contribution in [3.05, 3.63) is 42.7 Å². The maximum atomic E-state index is 12.9. The van der Waals surface area contributed by atoms with Crippen LogP contribution in [0.25, 0.3) is 0 Å². The minimum atomic E-state index is -0.961. The molecule has 0 fully saturated rings. The van der Waals surface area contributed by atoms with Gasteiger partial charge in [0.05, 0.1) is 6.54 Å². The normalized spacial score (nSPS) is 10.3. The fourth-order valence-corrected chi connectivity index (χ4v) is 1.66. The average molecular weight is 280 g/mol. The number of carboxylic acids is 1. The third-order valence-corrected chi connectivity index (χ3v) is 2.51. The summed E-state index contributed by atoms with van der Waals surface area (Å²) in [6, 6.07) is 5.59. The minimum absolute atomic E-state index is 0.123. The Bertz CT molecular complexity index is 491. The van der Waals surface area contributed by atoms with Crippen molar-refractivity contribution in [2.24, 2.45) is 0 Å². The molecule has 0 saturated carbocycles. The molecule has 0 saturated heterocycles. The number of carbonyl (C=O) groups excluding carboxylic acids is 1. The maximum absolute atomic E-state index is 12.9. The van der Waals surface area contributed by atoms with Crippen molar-refractivity contribution in [3.63, 3.8) is 0 Å². The summed E-state index contributed by atoms with van der Waals surface area (Å²) in [4.78, 5) is 23.9.